The van der Waals surface area contributed by atoms with Crippen LogP contribution in [-0.2, 0) is 0 Å². The largest absolute Gasteiger partial charge is 0.477 e. The lowest BCUT2D eigenvalue weighted by atomic mass is 10.1. The summed E-state index contributed by atoms with van der Waals surface area (Å²) in [6.07, 6.45) is 8.37. The van der Waals surface area contributed by atoms with Crippen LogP contribution < -0.4 is 0 Å². The van der Waals surface area contributed by atoms with Crippen molar-refractivity contribution in [2.75, 3.05) is 0 Å². The number of carboxylic acids is 1. The minimum Gasteiger partial charge on any atom is -0.477 e. The average Bonchev–Trinajstić information content (AvgIpc) is 3.41. The van der Waals surface area contributed by atoms with Crippen molar-refractivity contribution < 1.29 is 14.7 Å². The Bertz CT molecular complexity index is 1190. The van der Waals surface area contributed by atoms with Gasteiger partial charge in [-0.3, -0.25) is 9.78 Å². The van der Waals surface area contributed by atoms with Crippen LogP contribution >= 0.6 is 11.3 Å². The highest BCUT2D eigenvalue weighted by Crippen LogP contribution is 2.25. The first-order chi connectivity index (χ1) is 14.1. The van der Waals surface area contributed by atoms with E-state index in [2.05, 4.69) is 10.1 Å². The predicted octanol–water partition coefficient (Wildman–Crippen LogP) is 4.59. The number of aromatic nitrogens is 3. The van der Waals surface area contributed by atoms with Gasteiger partial charge in [0, 0.05) is 29.7 Å². The second-order valence-electron chi connectivity index (χ2n) is 6.12. The Hall–Kier alpha value is -3.84. The fourth-order valence-corrected chi connectivity index (χ4v) is 3.55. The van der Waals surface area contributed by atoms with Crippen LogP contribution in [0.4, 0.5) is 0 Å². The van der Waals surface area contributed by atoms with Crippen LogP contribution in [0.3, 0.4) is 0 Å². The van der Waals surface area contributed by atoms with E-state index in [0.717, 1.165) is 33.8 Å². The lowest BCUT2D eigenvalue weighted by Crippen LogP contribution is -1.93. The summed E-state index contributed by atoms with van der Waals surface area (Å²) in [7, 11) is 0. The number of rotatable bonds is 6. The molecule has 0 spiro atoms. The molecule has 0 amide bonds. The molecule has 0 aliphatic heterocycles. The summed E-state index contributed by atoms with van der Waals surface area (Å²) in [6, 6.07) is 16.4. The summed E-state index contributed by atoms with van der Waals surface area (Å²) in [4.78, 5) is 28.0. The second kappa shape index (κ2) is 8.04. The Morgan fingerprint density at radius 3 is 2.38 bits per heavy atom. The van der Waals surface area contributed by atoms with Crippen LogP contribution in [0.15, 0.2) is 79.3 Å². The molecule has 0 unspecified atom stereocenters. The van der Waals surface area contributed by atoms with Gasteiger partial charge in [-0.1, -0.05) is 18.2 Å². The van der Waals surface area contributed by atoms with Gasteiger partial charge in [0.2, 0.25) is 0 Å². The van der Waals surface area contributed by atoms with Crippen LogP contribution in [0.1, 0.15) is 24.9 Å². The zero-order valence-corrected chi connectivity index (χ0v) is 15.9. The van der Waals surface area contributed by atoms with Gasteiger partial charge in [0.25, 0.3) is 0 Å². The zero-order valence-electron chi connectivity index (χ0n) is 15.1. The number of hydrogen-bond donors (Lipinski definition) is 1. The number of thiophene rings is 1. The smallest absolute Gasteiger partial charge is 0.345 e. The first-order valence-electron chi connectivity index (χ1n) is 8.73. The van der Waals surface area contributed by atoms with Gasteiger partial charge in [-0.15, -0.1) is 11.3 Å². The van der Waals surface area contributed by atoms with Crippen molar-refractivity contribution in [2.45, 2.75) is 0 Å². The Kier molecular flexibility index (Phi) is 5.13. The maximum absolute atomic E-state index is 12.5. The molecule has 6 nitrogen and oxygen atoms in total. The molecule has 142 valence electrons. The number of allylic oxidation sites excluding steroid dienone is 1. The van der Waals surface area contributed by atoms with Crippen molar-refractivity contribution >= 4 is 29.2 Å². The van der Waals surface area contributed by atoms with Crippen LogP contribution in [0.2, 0.25) is 0 Å². The molecule has 0 bridgehead atoms. The van der Waals surface area contributed by atoms with Crippen LogP contribution in [-0.4, -0.2) is 31.6 Å². The standard InChI is InChI=1S/C22H15N3O3S/c26-18(19-8-9-20(29-19)22(27)28)7-6-16-14-25(17-4-2-1-3-5-17)24-21(16)15-10-12-23-13-11-15/h1-14H,(H,27,28)/b7-6+. The molecule has 0 atom stereocenters. The molecular formula is C22H15N3O3S. The third-order valence-corrected chi connectivity index (χ3v) is 5.28. The van der Waals surface area contributed by atoms with Gasteiger partial charge in [0.1, 0.15) is 10.6 Å². The van der Waals surface area contributed by atoms with Gasteiger partial charge in [0.15, 0.2) is 5.78 Å². The fraction of sp³-hybridized carbons (Fsp3) is 0. The first kappa shape index (κ1) is 18.5. The third kappa shape index (κ3) is 4.04. The van der Waals surface area contributed by atoms with E-state index in [1.165, 1.54) is 18.2 Å². The highest BCUT2D eigenvalue weighted by Gasteiger charge is 2.13. The summed E-state index contributed by atoms with van der Waals surface area (Å²) in [6.45, 7) is 0. The van der Waals surface area contributed by atoms with E-state index >= 15 is 0 Å². The van der Waals surface area contributed by atoms with Gasteiger partial charge in [-0.2, -0.15) is 5.10 Å². The molecular weight excluding hydrogens is 386 g/mol. The number of aromatic carboxylic acids is 1. The van der Waals surface area contributed by atoms with E-state index < -0.39 is 5.97 Å². The van der Waals surface area contributed by atoms with Crippen molar-refractivity contribution in [2.24, 2.45) is 0 Å². The average molecular weight is 401 g/mol. The molecule has 0 saturated heterocycles. The van der Waals surface area contributed by atoms with E-state index in [9.17, 15) is 9.59 Å². The molecule has 0 aliphatic rings. The third-order valence-electron chi connectivity index (χ3n) is 4.19. The Morgan fingerprint density at radius 2 is 1.69 bits per heavy atom. The Morgan fingerprint density at radius 1 is 0.966 bits per heavy atom. The normalized spacial score (nSPS) is 11.0. The molecule has 3 aromatic heterocycles. The molecule has 4 rings (SSSR count). The number of carboxylic acid groups (broad SMARTS) is 1. The summed E-state index contributed by atoms with van der Waals surface area (Å²) in [5.74, 6) is -1.29. The molecule has 0 aliphatic carbocycles. The van der Waals surface area contributed by atoms with Crippen LogP contribution in [0.25, 0.3) is 23.0 Å². The lowest BCUT2D eigenvalue weighted by Gasteiger charge is -2.00. The fourth-order valence-electron chi connectivity index (χ4n) is 2.79. The van der Waals surface area contributed by atoms with Crippen LogP contribution in [0.5, 0.6) is 0 Å². The predicted molar refractivity (Wildman–Crippen MR) is 111 cm³/mol. The van der Waals surface area contributed by atoms with Gasteiger partial charge >= 0.3 is 5.97 Å². The van der Waals surface area contributed by atoms with Crippen molar-refractivity contribution in [1.82, 2.24) is 14.8 Å². The molecule has 0 saturated carbocycles. The minimum atomic E-state index is -1.04. The molecule has 7 heteroatoms. The van der Waals surface area contributed by atoms with E-state index in [0.29, 0.717) is 4.88 Å². The van der Waals surface area contributed by atoms with Gasteiger partial charge < -0.3 is 5.11 Å². The molecule has 0 fully saturated rings. The summed E-state index contributed by atoms with van der Waals surface area (Å²) < 4.78 is 1.76. The Labute approximate surface area is 170 Å². The summed E-state index contributed by atoms with van der Waals surface area (Å²) >= 11 is 0.957. The maximum Gasteiger partial charge on any atom is 0.345 e. The van der Waals surface area contributed by atoms with Gasteiger partial charge in [-0.25, -0.2) is 9.48 Å². The minimum absolute atomic E-state index is 0.135. The number of hydrogen-bond acceptors (Lipinski definition) is 5. The maximum atomic E-state index is 12.5. The molecule has 0 radical (unpaired) electrons. The summed E-state index contributed by atoms with van der Waals surface area (Å²) in [5, 5.41) is 13.7. The van der Waals surface area contributed by atoms with Gasteiger partial charge in [-0.05, 0) is 48.6 Å². The number of carbonyl (C=O) groups is 2. The summed E-state index contributed by atoms with van der Waals surface area (Å²) in [5.41, 5.74) is 3.27. The number of para-hydroxylation sites is 1. The highest BCUT2D eigenvalue weighted by molar-refractivity contribution is 7.16. The lowest BCUT2D eigenvalue weighted by molar-refractivity contribution is 0.0702. The number of nitrogens with zero attached hydrogens (tertiary/aromatic N) is 3. The topological polar surface area (TPSA) is 85.1 Å². The molecule has 1 aromatic carbocycles. The van der Waals surface area contributed by atoms with E-state index in [1.54, 1.807) is 23.2 Å². The van der Waals surface area contributed by atoms with Crippen molar-refractivity contribution in [1.29, 1.82) is 0 Å². The molecule has 3 heterocycles. The van der Waals surface area contributed by atoms with E-state index in [4.69, 9.17) is 5.11 Å². The first-order valence-corrected chi connectivity index (χ1v) is 9.54. The van der Waals surface area contributed by atoms with Crippen molar-refractivity contribution in [3.8, 4) is 16.9 Å². The van der Waals surface area contributed by atoms with Gasteiger partial charge in [0.05, 0.1) is 10.6 Å². The quantitative estimate of drug-likeness (QED) is 0.377. The highest BCUT2D eigenvalue weighted by atomic mass is 32.1. The monoisotopic (exact) mass is 401 g/mol. The zero-order chi connectivity index (χ0) is 20.2. The Balaban J connectivity index is 1.69. The van der Waals surface area contributed by atoms with Crippen LogP contribution in [0, 0.1) is 0 Å². The van der Waals surface area contributed by atoms with Crippen molar-refractivity contribution in [3.63, 3.8) is 0 Å². The number of ketones is 1. The van der Waals surface area contributed by atoms with E-state index in [-0.39, 0.29) is 10.7 Å². The van der Waals surface area contributed by atoms with Crippen molar-refractivity contribution in [3.05, 3.63) is 94.6 Å². The molecule has 29 heavy (non-hydrogen) atoms. The molecule has 1 N–H and O–H groups in total. The van der Waals surface area contributed by atoms with E-state index in [1.807, 2.05) is 48.7 Å². The number of benzene rings is 1. The number of pyridine rings is 1. The second-order valence-corrected chi connectivity index (χ2v) is 7.20. The SMILES string of the molecule is O=C(O)c1ccc(C(=O)/C=C/c2cn(-c3ccccc3)nc2-c2ccncc2)s1. The number of carbonyl (C=O) groups excluding carboxylic acids is 1. The molecule has 4 aromatic rings.